The summed E-state index contributed by atoms with van der Waals surface area (Å²) in [5.41, 5.74) is -0.366. The molecular formula is C16H16O3S. The Morgan fingerprint density at radius 3 is 2.25 bits per heavy atom. The van der Waals surface area contributed by atoms with E-state index in [0.29, 0.717) is 6.61 Å². The smallest absolute Gasteiger partial charge is 0.303 e. The van der Waals surface area contributed by atoms with Crippen LogP contribution in [0.15, 0.2) is 65.6 Å². The van der Waals surface area contributed by atoms with E-state index in [1.165, 1.54) is 18.7 Å². The summed E-state index contributed by atoms with van der Waals surface area (Å²) in [5.74, 6) is 0.452. The highest BCUT2D eigenvalue weighted by atomic mass is 32.2. The molecule has 20 heavy (non-hydrogen) atoms. The summed E-state index contributed by atoms with van der Waals surface area (Å²) in [6, 6.07) is 19.3. The highest BCUT2D eigenvalue weighted by Gasteiger charge is 2.14. The van der Waals surface area contributed by atoms with Crippen molar-refractivity contribution in [3.63, 3.8) is 0 Å². The Bertz CT molecular complexity index is 528. The summed E-state index contributed by atoms with van der Waals surface area (Å²) in [6.07, 6.45) is 0. The van der Waals surface area contributed by atoms with E-state index in [1.54, 1.807) is 0 Å². The number of rotatable bonds is 6. The van der Waals surface area contributed by atoms with Gasteiger partial charge >= 0.3 is 5.97 Å². The van der Waals surface area contributed by atoms with Crippen molar-refractivity contribution in [2.45, 2.75) is 17.3 Å². The SMILES string of the molecule is CC(=O)OC(COc1ccccc1)Sc1ccccc1. The first-order valence-corrected chi connectivity index (χ1v) is 7.19. The van der Waals surface area contributed by atoms with Crippen LogP contribution < -0.4 is 4.74 Å². The molecule has 3 nitrogen and oxygen atoms in total. The summed E-state index contributed by atoms with van der Waals surface area (Å²) in [5, 5.41) is 0. The number of carbonyl (C=O) groups excluding carboxylic acids is 1. The lowest BCUT2D eigenvalue weighted by Gasteiger charge is -2.17. The van der Waals surface area contributed by atoms with Crippen molar-refractivity contribution in [2.75, 3.05) is 6.61 Å². The van der Waals surface area contributed by atoms with Gasteiger partial charge in [0.1, 0.15) is 12.4 Å². The molecule has 0 amide bonds. The van der Waals surface area contributed by atoms with E-state index < -0.39 is 0 Å². The van der Waals surface area contributed by atoms with Gasteiger partial charge in [0.2, 0.25) is 0 Å². The number of esters is 1. The van der Waals surface area contributed by atoms with Crippen LogP contribution >= 0.6 is 11.8 Å². The van der Waals surface area contributed by atoms with E-state index in [2.05, 4.69) is 0 Å². The van der Waals surface area contributed by atoms with Crippen LogP contribution in [0.25, 0.3) is 0 Å². The van der Waals surface area contributed by atoms with Gasteiger partial charge in [0.05, 0.1) is 0 Å². The lowest BCUT2D eigenvalue weighted by atomic mass is 10.3. The molecule has 2 aromatic carbocycles. The van der Waals surface area contributed by atoms with Gasteiger partial charge in [0.15, 0.2) is 5.44 Å². The Kier molecular flexibility index (Phi) is 5.50. The fraction of sp³-hybridized carbons (Fsp3) is 0.188. The third kappa shape index (κ3) is 4.97. The van der Waals surface area contributed by atoms with Crippen LogP contribution in [0, 0.1) is 0 Å². The van der Waals surface area contributed by atoms with Gasteiger partial charge in [-0.3, -0.25) is 4.79 Å². The van der Waals surface area contributed by atoms with E-state index in [9.17, 15) is 4.79 Å². The van der Waals surface area contributed by atoms with Crippen molar-refractivity contribution in [2.24, 2.45) is 0 Å². The molecule has 0 saturated carbocycles. The Morgan fingerprint density at radius 1 is 1.05 bits per heavy atom. The van der Waals surface area contributed by atoms with E-state index in [4.69, 9.17) is 9.47 Å². The zero-order valence-corrected chi connectivity index (χ0v) is 12.0. The Morgan fingerprint density at radius 2 is 1.65 bits per heavy atom. The van der Waals surface area contributed by atoms with Gasteiger partial charge in [-0.15, -0.1) is 0 Å². The average molecular weight is 288 g/mol. The molecule has 0 fully saturated rings. The summed E-state index contributed by atoms with van der Waals surface area (Å²) in [6.45, 7) is 1.71. The van der Waals surface area contributed by atoms with Crippen LogP contribution in [0.4, 0.5) is 0 Å². The Labute approximate surface area is 122 Å². The zero-order valence-electron chi connectivity index (χ0n) is 11.2. The largest absolute Gasteiger partial charge is 0.489 e. The molecule has 0 radical (unpaired) electrons. The molecule has 0 aliphatic rings. The number of hydrogen-bond donors (Lipinski definition) is 0. The minimum atomic E-state index is -0.366. The van der Waals surface area contributed by atoms with Crippen molar-refractivity contribution < 1.29 is 14.3 Å². The second-order valence-corrected chi connectivity index (χ2v) is 5.33. The van der Waals surface area contributed by atoms with Gasteiger partial charge in [0.25, 0.3) is 0 Å². The predicted molar refractivity (Wildman–Crippen MR) is 79.8 cm³/mol. The van der Waals surface area contributed by atoms with Crippen LogP contribution in [0.5, 0.6) is 5.75 Å². The summed E-state index contributed by atoms with van der Waals surface area (Å²) in [4.78, 5) is 12.2. The van der Waals surface area contributed by atoms with Crippen molar-refractivity contribution in [1.82, 2.24) is 0 Å². The van der Waals surface area contributed by atoms with Crippen LogP contribution in [-0.4, -0.2) is 18.0 Å². The number of ether oxygens (including phenoxy) is 2. The molecule has 0 aromatic heterocycles. The Balaban J connectivity index is 1.95. The minimum Gasteiger partial charge on any atom is -0.489 e. The monoisotopic (exact) mass is 288 g/mol. The summed E-state index contributed by atoms with van der Waals surface area (Å²) < 4.78 is 10.9. The van der Waals surface area contributed by atoms with Gasteiger partial charge < -0.3 is 9.47 Å². The van der Waals surface area contributed by atoms with Gasteiger partial charge in [-0.2, -0.15) is 0 Å². The molecule has 0 heterocycles. The molecule has 0 bridgehead atoms. The second kappa shape index (κ2) is 7.60. The first kappa shape index (κ1) is 14.5. The average Bonchev–Trinajstić information content (AvgIpc) is 2.46. The van der Waals surface area contributed by atoms with Crippen LogP contribution in [0.1, 0.15) is 6.92 Å². The third-order valence-corrected chi connectivity index (χ3v) is 3.48. The minimum absolute atomic E-state index is 0.309. The van der Waals surface area contributed by atoms with E-state index >= 15 is 0 Å². The Hall–Kier alpha value is -1.94. The lowest BCUT2D eigenvalue weighted by Crippen LogP contribution is -2.20. The quantitative estimate of drug-likeness (QED) is 0.461. The first-order valence-electron chi connectivity index (χ1n) is 6.31. The molecule has 0 N–H and O–H groups in total. The zero-order chi connectivity index (χ0) is 14.2. The molecule has 104 valence electrons. The maximum absolute atomic E-state index is 11.2. The fourth-order valence-electron chi connectivity index (χ4n) is 1.61. The van der Waals surface area contributed by atoms with Gasteiger partial charge in [-0.25, -0.2) is 0 Å². The summed E-state index contributed by atoms with van der Waals surface area (Å²) in [7, 11) is 0. The van der Waals surface area contributed by atoms with Crippen LogP contribution in [0.3, 0.4) is 0 Å². The van der Waals surface area contributed by atoms with Crippen molar-refractivity contribution >= 4 is 17.7 Å². The van der Waals surface area contributed by atoms with Crippen molar-refractivity contribution in [3.05, 3.63) is 60.7 Å². The summed E-state index contributed by atoms with van der Waals surface area (Å²) >= 11 is 1.47. The lowest BCUT2D eigenvalue weighted by molar-refractivity contribution is -0.143. The fourth-order valence-corrected chi connectivity index (χ4v) is 2.55. The highest BCUT2D eigenvalue weighted by molar-refractivity contribution is 7.99. The molecule has 2 rings (SSSR count). The normalized spacial score (nSPS) is 11.7. The van der Waals surface area contributed by atoms with E-state index in [1.807, 2.05) is 60.7 Å². The number of hydrogen-bond acceptors (Lipinski definition) is 4. The van der Waals surface area contributed by atoms with E-state index in [0.717, 1.165) is 10.6 Å². The number of carbonyl (C=O) groups is 1. The topological polar surface area (TPSA) is 35.5 Å². The molecule has 0 spiro atoms. The number of benzene rings is 2. The maximum Gasteiger partial charge on any atom is 0.303 e. The van der Waals surface area contributed by atoms with Crippen molar-refractivity contribution in [1.29, 1.82) is 0 Å². The molecule has 2 aromatic rings. The second-order valence-electron chi connectivity index (χ2n) is 4.09. The standard InChI is InChI=1S/C16H16O3S/c1-13(17)19-16(20-15-10-6-3-7-11-15)12-18-14-8-4-2-5-9-14/h2-11,16H,12H2,1H3. The number of thioether (sulfide) groups is 1. The molecule has 0 aliphatic heterocycles. The highest BCUT2D eigenvalue weighted by Crippen LogP contribution is 2.24. The van der Waals surface area contributed by atoms with Crippen LogP contribution in [0.2, 0.25) is 0 Å². The third-order valence-electron chi connectivity index (χ3n) is 2.44. The first-order chi connectivity index (χ1) is 9.74. The van der Waals surface area contributed by atoms with Gasteiger partial charge in [-0.1, -0.05) is 48.2 Å². The molecule has 1 unspecified atom stereocenters. The van der Waals surface area contributed by atoms with Crippen molar-refractivity contribution in [3.8, 4) is 5.75 Å². The molecule has 0 saturated heterocycles. The molecular weight excluding hydrogens is 272 g/mol. The van der Waals surface area contributed by atoms with E-state index in [-0.39, 0.29) is 11.4 Å². The number of para-hydroxylation sites is 1. The molecule has 0 aliphatic carbocycles. The molecule has 4 heteroatoms. The molecule has 1 atom stereocenters. The predicted octanol–water partition coefficient (Wildman–Crippen LogP) is 3.75. The van der Waals surface area contributed by atoms with Crippen LogP contribution in [-0.2, 0) is 9.53 Å². The maximum atomic E-state index is 11.2. The van der Waals surface area contributed by atoms with Gasteiger partial charge in [-0.05, 0) is 24.3 Å². The van der Waals surface area contributed by atoms with Gasteiger partial charge in [0, 0.05) is 11.8 Å².